The Labute approximate surface area is 130 Å². The number of benzene rings is 1. The topological polar surface area (TPSA) is 36.3 Å². The number of imidazole rings is 1. The van der Waals surface area contributed by atoms with E-state index >= 15 is 0 Å². The average molecular weight is 309 g/mol. The molecule has 0 N–H and O–H groups in total. The molecule has 5 heteroatoms. The van der Waals surface area contributed by atoms with Crippen LogP contribution in [0, 0.1) is 0 Å². The summed E-state index contributed by atoms with van der Waals surface area (Å²) < 4.78 is 13.7. The summed E-state index contributed by atoms with van der Waals surface area (Å²) >= 11 is 5.97. The molecule has 1 unspecified atom stereocenters. The number of alkyl halides is 1. The highest BCUT2D eigenvalue weighted by molar-refractivity contribution is 6.17. The zero-order valence-electron chi connectivity index (χ0n) is 12.6. The minimum absolute atomic E-state index is 0.0546. The van der Waals surface area contributed by atoms with Crippen molar-refractivity contribution in [2.75, 3.05) is 25.7 Å². The van der Waals surface area contributed by atoms with Gasteiger partial charge in [-0.25, -0.2) is 4.98 Å². The van der Waals surface area contributed by atoms with Crippen LogP contribution in [0.15, 0.2) is 18.2 Å². The van der Waals surface area contributed by atoms with E-state index in [1.807, 2.05) is 19.1 Å². The normalized spacial score (nSPS) is 22.0. The maximum absolute atomic E-state index is 5.97. The lowest BCUT2D eigenvalue weighted by molar-refractivity contribution is 0.162. The maximum Gasteiger partial charge on any atom is 0.147 e. The summed E-state index contributed by atoms with van der Waals surface area (Å²) in [7, 11) is 0. The summed E-state index contributed by atoms with van der Waals surface area (Å²) in [4.78, 5) is 4.81. The Morgan fingerprint density at radius 3 is 3.00 bits per heavy atom. The van der Waals surface area contributed by atoms with Crippen LogP contribution in [0.5, 0.6) is 5.75 Å². The Kier molecular flexibility index (Phi) is 4.09. The van der Waals surface area contributed by atoms with Gasteiger partial charge in [0, 0.05) is 18.9 Å². The zero-order valence-corrected chi connectivity index (χ0v) is 13.3. The quantitative estimate of drug-likeness (QED) is 0.795. The summed E-state index contributed by atoms with van der Waals surface area (Å²) in [6.45, 7) is 6.36. The Morgan fingerprint density at radius 1 is 1.48 bits per heavy atom. The third kappa shape index (κ3) is 2.51. The van der Waals surface area contributed by atoms with Crippen molar-refractivity contribution in [3.8, 4) is 5.75 Å². The van der Waals surface area contributed by atoms with Crippen molar-refractivity contribution >= 4 is 22.6 Å². The second kappa shape index (κ2) is 5.85. The van der Waals surface area contributed by atoms with Gasteiger partial charge in [0.25, 0.3) is 0 Å². The van der Waals surface area contributed by atoms with Crippen LogP contribution < -0.4 is 4.74 Å². The predicted molar refractivity (Wildman–Crippen MR) is 84.4 cm³/mol. The third-order valence-electron chi connectivity index (χ3n) is 4.07. The van der Waals surface area contributed by atoms with E-state index in [1.165, 1.54) is 0 Å². The van der Waals surface area contributed by atoms with Gasteiger partial charge in [-0.2, -0.15) is 0 Å². The second-order valence-corrected chi connectivity index (χ2v) is 6.04. The van der Waals surface area contributed by atoms with E-state index in [-0.39, 0.29) is 5.54 Å². The van der Waals surface area contributed by atoms with Crippen LogP contribution in [-0.4, -0.2) is 35.3 Å². The number of halogens is 1. The first kappa shape index (κ1) is 14.7. The van der Waals surface area contributed by atoms with Crippen molar-refractivity contribution in [2.45, 2.75) is 32.2 Å². The van der Waals surface area contributed by atoms with Crippen LogP contribution >= 0.6 is 11.6 Å². The highest BCUT2D eigenvalue weighted by Crippen LogP contribution is 2.35. The molecule has 21 heavy (non-hydrogen) atoms. The number of hydrogen-bond acceptors (Lipinski definition) is 3. The molecular formula is C16H21ClN2O2. The van der Waals surface area contributed by atoms with Gasteiger partial charge < -0.3 is 14.0 Å². The molecule has 1 saturated heterocycles. The molecule has 0 amide bonds. The Morgan fingerprint density at radius 2 is 2.33 bits per heavy atom. The van der Waals surface area contributed by atoms with Crippen molar-refractivity contribution in [1.29, 1.82) is 0 Å². The largest absolute Gasteiger partial charge is 0.492 e. The molecule has 3 rings (SSSR count). The van der Waals surface area contributed by atoms with Gasteiger partial charge in [-0.1, -0.05) is 6.07 Å². The van der Waals surface area contributed by atoms with Crippen molar-refractivity contribution in [3.63, 3.8) is 0 Å². The van der Waals surface area contributed by atoms with Gasteiger partial charge in [0.2, 0.25) is 0 Å². The monoisotopic (exact) mass is 308 g/mol. The third-order valence-corrected chi connectivity index (χ3v) is 4.26. The van der Waals surface area contributed by atoms with Gasteiger partial charge in [-0.3, -0.25) is 0 Å². The summed E-state index contributed by atoms with van der Waals surface area (Å²) in [6.07, 6.45) is 1.74. The maximum atomic E-state index is 5.97. The number of hydrogen-bond donors (Lipinski definition) is 0. The molecule has 1 fully saturated rings. The van der Waals surface area contributed by atoms with E-state index in [0.717, 1.165) is 42.1 Å². The van der Waals surface area contributed by atoms with E-state index in [9.17, 15) is 0 Å². The van der Waals surface area contributed by atoms with Gasteiger partial charge >= 0.3 is 0 Å². The van der Waals surface area contributed by atoms with E-state index in [1.54, 1.807) is 0 Å². The van der Waals surface area contributed by atoms with Crippen molar-refractivity contribution in [3.05, 3.63) is 24.0 Å². The van der Waals surface area contributed by atoms with Crippen LogP contribution in [-0.2, 0) is 16.7 Å². The molecule has 0 spiro atoms. The average Bonchev–Trinajstić information content (AvgIpc) is 3.05. The number of aryl methyl sites for hydroxylation is 1. The van der Waals surface area contributed by atoms with Crippen molar-refractivity contribution in [1.82, 2.24) is 9.55 Å². The molecule has 1 aliphatic rings. The fraction of sp³-hybridized carbons (Fsp3) is 0.562. The van der Waals surface area contributed by atoms with E-state index in [4.69, 9.17) is 26.1 Å². The molecule has 1 aromatic heterocycles. The molecular weight excluding hydrogens is 288 g/mol. The number of para-hydroxylation sites is 1. The Hall–Kier alpha value is -1.26. The molecule has 0 bridgehead atoms. The van der Waals surface area contributed by atoms with Crippen molar-refractivity contribution in [2.24, 2.45) is 0 Å². The number of fused-ring (bicyclic) bond motifs is 1. The number of aromatic nitrogens is 2. The summed E-state index contributed by atoms with van der Waals surface area (Å²) in [5.74, 6) is 2.41. The molecule has 1 aromatic carbocycles. The van der Waals surface area contributed by atoms with Crippen LogP contribution in [0.3, 0.4) is 0 Å². The first-order chi connectivity index (χ1) is 10.2. The minimum atomic E-state index is -0.0546. The Balaban J connectivity index is 2.20. The summed E-state index contributed by atoms with van der Waals surface area (Å²) in [6, 6.07) is 6.10. The molecule has 2 aromatic rings. The van der Waals surface area contributed by atoms with E-state index in [2.05, 4.69) is 17.6 Å². The van der Waals surface area contributed by atoms with E-state index < -0.39 is 0 Å². The SMILES string of the molecule is CCOc1cccc2c1nc(CCCl)n2C1(C)CCOC1. The number of nitrogens with zero attached hydrogens (tertiary/aromatic N) is 2. The highest BCUT2D eigenvalue weighted by atomic mass is 35.5. The molecule has 114 valence electrons. The fourth-order valence-electron chi connectivity index (χ4n) is 3.08. The second-order valence-electron chi connectivity index (χ2n) is 5.66. The van der Waals surface area contributed by atoms with Gasteiger partial charge in [0.15, 0.2) is 0 Å². The zero-order chi connectivity index (χ0) is 14.9. The molecule has 1 atom stereocenters. The lowest BCUT2D eigenvalue weighted by Gasteiger charge is -2.27. The predicted octanol–water partition coefficient (Wildman–Crippen LogP) is 3.35. The lowest BCUT2D eigenvalue weighted by atomic mass is 10.0. The van der Waals surface area contributed by atoms with E-state index in [0.29, 0.717) is 19.1 Å². The van der Waals surface area contributed by atoms with Crippen LogP contribution in [0.25, 0.3) is 11.0 Å². The van der Waals surface area contributed by atoms with Gasteiger partial charge in [0.1, 0.15) is 17.1 Å². The summed E-state index contributed by atoms with van der Waals surface area (Å²) in [5.41, 5.74) is 1.97. The first-order valence-electron chi connectivity index (χ1n) is 7.47. The lowest BCUT2D eigenvalue weighted by Crippen LogP contribution is -2.32. The smallest absolute Gasteiger partial charge is 0.147 e. The first-order valence-corrected chi connectivity index (χ1v) is 8.00. The molecule has 0 aliphatic carbocycles. The molecule has 4 nitrogen and oxygen atoms in total. The summed E-state index contributed by atoms with van der Waals surface area (Å²) in [5, 5.41) is 0. The fourth-order valence-corrected chi connectivity index (χ4v) is 3.25. The van der Waals surface area contributed by atoms with Crippen LogP contribution in [0.4, 0.5) is 0 Å². The van der Waals surface area contributed by atoms with Gasteiger partial charge in [0.05, 0.1) is 24.3 Å². The molecule has 0 saturated carbocycles. The molecule has 2 heterocycles. The number of rotatable bonds is 5. The van der Waals surface area contributed by atoms with Crippen LogP contribution in [0.2, 0.25) is 0 Å². The number of ether oxygens (including phenoxy) is 2. The van der Waals surface area contributed by atoms with Gasteiger partial charge in [-0.15, -0.1) is 11.6 Å². The minimum Gasteiger partial charge on any atom is -0.492 e. The molecule has 0 radical (unpaired) electrons. The standard InChI is InChI=1S/C16H21ClN2O2/c1-3-21-13-6-4-5-12-15(13)18-14(7-9-17)19(12)16(2)8-10-20-11-16/h4-6H,3,7-11H2,1-2H3. The van der Waals surface area contributed by atoms with Crippen LogP contribution in [0.1, 0.15) is 26.1 Å². The molecule has 1 aliphatic heterocycles. The Bertz CT molecular complexity index is 632. The van der Waals surface area contributed by atoms with Crippen molar-refractivity contribution < 1.29 is 9.47 Å². The van der Waals surface area contributed by atoms with Gasteiger partial charge in [-0.05, 0) is 32.4 Å². The highest BCUT2D eigenvalue weighted by Gasteiger charge is 2.35.